The molecule has 4 heteroatoms. The van der Waals surface area contributed by atoms with Crippen LogP contribution in [-0.2, 0) is 22.4 Å². The Balaban J connectivity index is 1.37. The molecule has 134 valence electrons. The van der Waals surface area contributed by atoms with E-state index < -0.39 is 0 Å². The lowest BCUT2D eigenvalue weighted by atomic mass is 9.77. The fraction of sp³-hybridized carbons (Fsp3) is 0.619. The fourth-order valence-corrected chi connectivity index (χ4v) is 4.97. The summed E-state index contributed by atoms with van der Waals surface area (Å²) in [6.07, 6.45) is 5.51. The van der Waals surface area contributed by atoms with E-state index in [1.165, 1.54) is 11.1 Å². The zero-order chi connectivity index (χ0) is 17.4. The van der Waals surface area contributed by atoms with Gasteiger partial charge in [-0.05, 0) is 50.2 Å². The maximum atomic E-state index is 13.0. The Morgan fingerprint density at radius 2 is 1.92 bits per heavy atom. The van der Waals surface area contributed by atoms with Gasteiger partial charge in [0.2, 0.25) is 11.8 Å². The monoisotopic (exact) mass is 340 g/mol. The summed E-state index contributed by atoms with van der Waals surface area (Å²) in [5.74, 6) is 0.772. The van der Waals surface area contributed by atoms with Crippen LogP contribution < -0.4 is 0 Å². The predicted octanol–water partition coefficient (Wildman–Crippen LogP) is 2.65. The Kier molecular flexibility index (Phi) is 4.30. The SMILES string of the molecule is CCN1CC2(CCN(C(=O)[C@H]3CCc4ccccc4C3)CC2)CC1=O. The van der Waals surface area contributed by atoms with Gasteiger partial charge in [0.1, 0.15) is 0 Å². The number of likely N-dealkylation sites (tertiary alicyclic amines) is 2. The highest BCUT2D eigenvalue weighted by molar-refractivity contribution is 5.81. The Morgan fingerprint density at radius 3 is 2.60 bits per heavy atom. The van der Waals surface area contributed by atoms with Crippen LogP contribution in [0.15, 0.2) is 24.3 Å². The van der Waals surface area contributed by atoms with E-state index in [0.29, 0.717) is 18.2 Å². The summed E-state index contributed by atoms with van der Waals surface area (Å²) in [7, 11) is 0. The Labute approximate surface area is 150 Å². The van der Waals surface area contributed by atoms with Crippen molar-refractivity contribution < 1.29 is 9.59 Å². The molecule has 0 bridgehead atoms. The van der Waals surface area contributed by atoms with Crippen LogP contribution in [0.1, 0.15) is 43.7 Å². The predicted molar refractivity (Wildman–Crippen MR) is 97.1 cm³/mol. The van der Waals surface area contributed by atoms with Crippen LogP contribution in [0.4, 0.5) is 0 Å². The third-order valence-corrected chi connectivity index (χ3v) is 6.62. The summed E-state index contributed by atoms with van der Waals surface area (Å²) in [6.45, 7) is 5.39. The fourth-order valence-electron chi connectivity index (χ4n) is 4.97. The zero-order valence-electron chi connectivity index (χ0n) is 15.2. The molecule has 0 saturated carbocycles. The number of aryl methyl sites for hydroxylation is 1. The Morgan fingerprint density at radius 1 is 1.20 bits per heavy atom. The van der Waals surface area contributed by atoms with E-state index in [9.17, 15) is 9.59 Å². The lowest BCUT2D eigenvalue weighted by Gasteiger charge is -2.40. The first kappa shape index (κ1) is 16.6. The van der Waals surface area contributed by atoms with Crippen molar-refractivity contribution in [1.29, 1.82) is 0 Å². The summed E-state index contributed by atoms with van der Waals surface area (Å²) in [4.78, 5) is 29.2. The van der Waals surface area contributed by atoms with Gasteiger partial charge in [-0.3, -0.25) is 9.59 Å². The van der Waals surface area contributed by atoms with Crippen molar-refractivity contribution in [1.82, 2.24) is 9.80 Å². The second-order valence-corrected chi connectivity index (χ2v) is 8.12. The van der Waals surface area contributed by atoms with Gasteiger partial charge in [-0.2, -0.15) is 0 Å². The first-order chi connectivity index (χ1) is 12.1. The standard InChI is InChI=1S/C21H28N2O2/c1-2-22-15-21(14-19(22)24)9-11-23(12-10-21)20(25)18-8-7-16-5-3-4-6-17(16)13-18/h3-6,18H,2,7-15H2,1H3/t18-/m0/s1. The molecule has 25 heavy (non-hydrogen) atoms. The maximum absolute atomic E-state index is 13.0. The lowest BCUT2D eigenvalue weighted by molar-refractivity contribution is -0.138. The zero-order valence-corrected chi connectivity index (χ0v) is 15.2. The molecule has 0 unspecified atom stereocenters. The number of amides is 2. The van der Waals surface area contributed by atoms with Crippen molar-refractivity contribution in [2.24, 2.45) is 11.3 Å². The number of rotatable bonds is 2. The van der Waals surface area contributed by atoms with Gasteiger partial charge in [-0.1, -0.05) is 24.3 Å². The molecule has 2 heterocycles. The third kappa shape index (κ3) is 3.07. The largest absolute Gasteiger partial charge is 0.342 e. The topological polar surface area (TPSA) is 40.6 Å². The number of carbonyl (C=O) groups excluding carboxylic acids is 2. The van der Waals surface area contributed by atoms with E-state index in [-0.39, 0.29) is 11.3 Å². The van der Waals surface area contributed by atoms with E-state index in [1.807, 2.05) is 4.90 Å². The van der Waals surface area contributed by atoms with Gasteiger partial charge >= 0.3 is 0 Å². The molecule has 2 fully saturated rings. The average Bonchev–Trinajstić information content (AvgIpc) is 2.96. The van der Waals surface area contributed by atoms with Crippen LogP contribution in [0.2, 0.25) is 0 Å². The minimum atomic E-state index is 0.128. The summed E-state index contributed by atoms with van der Waals surface area (Å²) in [6, 6.07) is 8.53. The van der Waals surface area contributed by atoms with E-state index in [0.717, 1.165) is 58.3 Å². The molecule has 2 saturated heterocycles. The van der Waals surface area contributed by atoms with Crippen molar-refractivity contribution >= 4 is 11.8 Å². The minimum absolute atomic E-state index is 0.128. The number of fused-ring (bicyclic) bond motifs is 1. The first-order valence-electron chi connectivity index (χ1n) is 9.73. The van der Waals surface area contributed by atoms with Crippen LogP contribution in [-0.4, -0.2) is 47.8 Å². The van der Waals surface area contributed by atoms with E-state index in [4.69, 9.17) is 0 Å². The van der Waals surface area contributed by atoms with Gasteiger partial charge in [0.25, 0.3) is 0 Å². The molecular weight excluding hydrogens is 312 g/mol. The molecule has 3 aliphatic rings. The second-order valence-electron chi connectivity index (χ2n) is 8.12. The van der Waals surface area contributed by atoms with Gasteiger partial charge in [0.05, 0.1) is 0 Å². The summed E-state index contributed by atoms with van der Waals surface area (Å²) < 4.78 is 0. The van der Waals surface area contributed by atoms with E-state index >= 15 is 0 Å². The average molecular weight is 340 g/mol. The smallest absolute Gasteiger partial charge is 0.226 e. The molecule has 2 amide bonds. The number of hydrogen-bond acceptors (Lipinski definition) is 2. The molecule has 0 N–H and O–H groups in total. The van der Waals surface area contributed by atoms with Crippen LogP contribution in [0.5, 0.6) is 0 Å². The molecule has 1 aromatic rings. The van der Waals surface area contributed by atoms with Crippen molar-refractivity contribution in [3.8, 4) is 0 Å². The molecule has 0 radical (unpaired) electrons. The number of benzene rings is 1. The van der Waals surface area contributed by atoms with Crippen LogP contribution >= 0.6 is 0 Å². The van der Waals surface area contributed by atoms with Gasteiger partial charge in [0.15, 0.2) is 0 Å². The highest BCUT2D eigenvalue weighted by Gasteiger charge is 2.45. The summed E-state index contributed by atoms with van der Waals surface area (Å²) in [5, 5.41) is 0. The van der Waals surface area contributed by atoms with Crippen LogP contribution in [0, 0.1) is 11.3 Å². The normalized spacial score (nSPS) is 25.3. The maximum Gasteiger partial charge on any atom is 0.226 e. The van der Waals surface area contributed by atoms with Crippen molar-refractivity contribution in [3.63, 3.8) is 0 Å². The van der Waals surface area contributed by atoms with Gasteiger partial charge < -0.3 is 9.80 Å². The number of piperidine rings is 1. The summed E-state index contributed by atoms with van der Waals surface area (Å²) >= 11 is 0. The molecule has 4 nitrogen and oxygen atoms in total. The molecule has 4 rings (SSSR count). The van der Waals surface area contributed by atoms with E-state index in [2.05, 4.69) is 36.1 Å². The summed E-state index contributed by atoms with van der Waals surface area (Å²) in [5.41, 5.74) is 2.89. The minimum Gasteiger partial charge on any atom is -0.342 e. The van der Waals surface area contributed by atoms with Gasteiger partial charge in [0, 0.05) is 43.9 Å². The second kappa shape index (κ2) is 6.47. The molecule has 0 aromatic heterocycles. The number of nitrogens with zero attached hydrogens (tertiary/aromatic N) is 2. The van der Waals surface area contributed by atoms with Crippen molar-refractivity contribution in [2.45, 2.75) is 45.4 Å². The quantitative estimate of drug-likeness (QED) is 0.830. The third-order valence-electron chi connectivity index (χ3n) is 6.62. The van der Waals surface area contributed by atoms with Crippen molar-refractivity contribution in [3.05, 3.63) is 35.4 Å². The van der Waals surface area contributed by atoms with Crippen molar-refractivity contribution in [2.75, 3.05) is 26.2 Å². The Hall–Kier alpha value is -1.84. The molecular formula is C21H28N2O2. The molecule has 2 aliphatic heterocycles. The molecule has 1 spiro atoms. The Bertz CT molecular complexity index is 676. The first-order valence-corrected chi connectivity index (χ1v) is 9.73. The highest BCUT2D eigenvalue weighted by Crippen LogP contribution is 2.41. The van der Waals surface area contributed by atoms with Crippen LogP contribution in [0.3, 0.4) is 0 Å². The van der Waals surface area contributed by atoms with Gasteiger partial charge in [-0.15, -0.1) is 0 Å². The molecule has 1 aromatic carbocycles. The number of hydrogen-bond donors (Lipinski definition) is 0. The molecule has 1 aliphatic carbocycles. The van der Waals surface area contributed by atoms with E-state index in [1.54, 1.807) is 0 Å². The lowest BCUT2D eigenvalue weighted by Crippen LogP contribution is -2.47. The van der Waals surface area contributed by atoms with Crippen LogP contribution in [0.25, 0.3) is 0 Å². The number of carbonyl (C=O) groups is 2. The molecule has 1 atom stereocenters. The van der Waals surface area contributed by atoms with Gasteiger partial charge in [-0.25, -0.2) is 0 Å². The highest BCUT2D eigenvalue weighted by atomic mass is 16.2.